The third-order valence-electron chi connectivity index (χ3n) is 3.28. The minimum absolute atomic E-state index is 0.891. The van der Waals surface area contributed by atoms with Gasteiger partial charge in [-0.25, -0.2) is 0 Å². The molecule has 0 unspecified atom stereocenters. The normalized spacial score (nSPS) is 10.9. The lowest BCUT2D eigenvalue weighted by atomic mass is 10.1. The molecule has 3 nitrogen and oxygen atoms in total. The minimum atomic E-state index is 0.891. The van der Waals surface area contributed by atoms with Crippen LogP contribution in [0.1, 0.15) is 11.3 Å². The van der Waals surface area contributed by atoms with E-state index in [1.54, 1.807) is 0 Å². The minimum Gasteiger partial charge on any atom is -0.361 e. The molecule has 0 radical (unpaired) electrons. The Balaban J connectivity index is 1.57. The van der Waals surface area contributed by atoms with Gasteiger partial charge in [-0.1, -0.05) is 18.2 Å². The zero-order valence-corrected chi connectivity index (χ0v) is 10.8. The highest BCUT2D eigenvalue weighted by atomic mass is 14.9. The number of nitrogens with zero attached hydrogens (tertiary/aromatic N) is 1. The van der Waals surface area contributed by atoms with Gasteiger partial charge in [-0.2, -0.15) is 0 Å². The van der Waals surface area contributed by atoms with Crippen molar-refractivity contribution in [2.75, 3.05) is 6.54 Å². The van der Waals surface area contributed by atoms with Crippen molar-refractivity contribution in [1.29, 1.82) is 0 Å². The first kappa shape index (κ1) is 11.9. The molecule has 0 aliphatic rings. The van der Waals surface area contributed by atoms with Crippen LogP contribution in [0.15, 0.2) is 54.9 Å². The third-order valence-corrected chi connectivity index (χ3v) is 3.28. The van der Waals surface area contributed by atoms with Crippen LogP contribution in [-0.4, -0.2) is 16.5 Å². The first-order valence-corrected chi connectivity index (χ1v) is 6.59. The molecule has 3 heteroatoms. The van der Waals surface area contributed by atoms with Crippen LogP contribution in [0.2, 0.25) is 0 Å². The van der Waals surface area contributed by atoms with Crippen LogP contribution >= 0.6 is 0 Å². The van der Waals surface area contributed by atoms with Crippen molar-refractivity contribution in [1.82, 2.24) is 15.3 Å². The summed E-state index contributed by atoms with van der Waals surface area (Å²) in [5.74, 6) is 0. The molecule has 3 aromatic rings. The molecule has 19 heavy (non-hydrogen) atoms. The maximum atomic E-state index is 4.32. The Bertz CT molecular complexity index is 643. The van der Waals surface area contributed by atoms with Gasteiger partial charge in [-0.3, -0.25) is 4.98 Å². The fraction of sp³-hybridized carbons (Fsp3) is 0.188. The SMILES string of the molecule is c1ccc(CCNCc2cccc3[nH]ccc23)nc1. The Morgan fingerprint density at radius 3 is 2.95 bits per heavy atom. The lowest BCUT2D eigenvalue weighted by Gasteiger charge is -2.06. The zero-order valence-electron chi connectivity index (χ0n) is 10.8. The molecule has 0 bridgehead atoms. The molecule has 0 spiro atoms. The summed E-state index contributed by atoms with van der Waals surface area (Å²) in [6, 6.07) is 14.5. The number of pyridine rings is 1. The average molecular weight is 251 g/mol. The summed E-state index contributed by atoms with van der Waals surface area (Å²) in [5, 5.41) is 4.78. The standard InChI is InChI=1S/C16H17N3/c1-2-9-18-14(5-1)7-10-17-12-13-4-3-6-16-15(13)8-11-19-16/h1-6,8-9,11,17,19H,7,10,12H2. The summed E-state index contributed by atoms with van der Waals surface area (Å²) in [6.07, 6.45) is 4.79. The number of fused-ring (bicyclic) bond motifs is 1. The number of nitrogens with one attached hydrogen (secondary N) is 2. The van der Waals surface area contributed by atoms with E-state index in [2.05, 4.69) is 45.6 Å². The van der Waals surface area contributed by atoms with E-state index in [9.17, 15) is 0 Å². The number of hydrogen-bond donors (Lipinski definition) is 2. The second-order valence-electron chi connectivity index (χ2n) is 4.60. The Kier molecular flexibility index (Phi) is 3.56. The fourth-order valence-electron chi connectivity index (χ4n) is 2.29. The van der Waals surface area contributed by atoms with Gasteiger partial charge >= 0.3 is 0 Å². The Morgan fingerprint density at radius 2 is 2.05 bits per heavy atom. The van der Waals surface area contributed by atoms with E-state index in [1.165, 1.54) is 16.5 Å². The van der Waals surface area contributed by atoms with E-state index < -0.39 is 0 Å². The van der Waals surface area contributed by atoms with Gasteiger partial charge in [0.15, 0.2) is 0 Å². The summed E-state index contributed by atoms with van der Waals surface area (Å²) >= 11 is 0. The lowest BCUT2D eigenvalue weighted by molar-refractivity contribution is 0.682. The molecule has 96 valence electrons. The summed E-state index contributed by atoms with van der Waals surface area (Å²) in [7, 11) is 0. The quantitative estimate of drug-likeness (QED) is 0.685. The van der Waals surface area contributed by atoms with E-state index in [0.29, 0.717) is 0 Å². The Hall–Kier alpha value is -2.13. The van der Waals surface area contributed by atoms with E-state index in [4.69, 9.17) is 0 Å². The molecule has 0 fully saturated rings. The molecule has 3 rings (SSSR count). The largest absolute Gasteiger partial charge is 0.361 e. The third kappa shape index (κ3) is 2.83. The topological polar surface area (TPSA) is 40.7 Å². The highest BCUT2D eigenvalue weighted by molar-refractivity contribution is 5.82. The molecule has 0 amide bonds. The van der Waals surface area contributed by atoms with Gasteiger partial charge in [0, 0.05) is 48.5 Å². The Labute approximate surface area is 112 Å². The predicted molar refractivity (Wildman–Crippen MR) is 77.9 cm³/mol. The van der Waals surface area contributed by atoms with E-state index in [-0.39, 0.29) is 0 Å². The fourth-order valence-corrected chi connectivity index (χ4v) is 2.29. The van der Waals surface area contributed by atoms with Crippen molar-refractivity contribution in [3.05, 3.63) is 66.1 Å². The molecule has 0 aliphatic heterocycles. The molecule has 0 aliphatic carbocycles. The van der Waals surface area contributed by atoms with Crippen molar-refractivity contribution < 1.29 is 0 Å². The maximum Gasteiger partial charge on any atom is 0.0457 e. The van der Waals surface area contributed by atoms with Crippen LogP contribution in [0.3, 0.4) is 0 Å². The van der Waals surface area contributed by atoms with Crippen LogP contribution in [0.5, 0.6) is 0 Å². The number of hydrogen-bond acceptors (Lipinski definition) is 2. The van der Waals surface area contributed by atoms with Gasteiger partial charge in [0.1, 0.15) is 0 Å². The van der Waals surface area contributed by atoms with Crippen LogP contribution < -0.4 is 5.32 Å². The lowest BCUT2D eigenvalue weighted by Crippen LogP contribution is -2.17. The zero-order chi connectivity index (χ0) is 12.9. The number of aromatic amines is 1. The van der Waals surface area contributed by atoms with Gasteiger partial charge < -0.3 is 10.3 Å². The second-order valence-corrected chi connectivity index (χ2v) is 4.60. The number of H-pyrrole nitrogens is 1. The monoisotopic (exact) mass is 251 g/mol. The predicted octanol–water partition coefficient (Wildman–Crippen LogP) is 2.90. The van der Waals surface area contributed by atoms with Crippen LogP contribution in [0.25, 0.3) is 10.9 Å². The average Bonchev–Trinajstić information content (AvgIpc) is 2.94. The van der Waals surface area contributed by atoms with Crippen molar-refractivity contribution in [2.45, 2.75) is 13.0 Å². The molecule has 2 aromatic heterocycles. The van der Waals surface area contributed by atoms with Crippen molar-refractivity contribution in [3.8, 4) is 0 Å². The second kappa shape index (κ2) is 5.67. The van der Waals surface area contributed by atoms with E-state index in [1.807, 2.05) is 24.5 Å². The molecule has 0 atom stereocenters. The molecule has 2 N–H and O–H groups in total. The number of benzene rings is 1. The summed E-state index contributed by atoms with van der Waals surface area (Å²) in [5.41, 5.74) is 3.67. The van der Waals surface area contributed by atoms with Crippen molar-refractivity contribution >= 4 is 10.9 Å². The summed E-state index contributed by atoms with van der Waals surface area (Å²) < 4.78 is 0. The van der Waals surface area contributed by atoms with Gasteiger partial charge in [0.2, 0.25) is 0 Å². The van der Waals surface area contributed by atoms with Crippen molar-refractivity contribution in [3.63, 3.8) is 0 Å². The summed E-state index contributed by atoms with van der Waals surface area (Å²) in [4.78, 5) is 7.56. The highest BCUT2D eigenvalue weighted by Crippen LogP contribution is 2.16. The van der Waals surface area contributed by atoms with E-state index >= 15 is 0 Å². The molecule has 0 saturated carbocycles. The van der Waals surface area contributed by atoms with Crippen molar-refractivity contribution in [2.24, 2.45) is 0 Å². The highest BCUT2D eigenvalue weighted by Gasteiger charge is 2.01. The van der Waals surface area contributed by atoms with E-state index in [0.717, 1.165) is 25.2 Å². The number of rotatable bonds is 5. The maximum absolute atomic E-state index is 4.32. The van der Waals surface area contributed by atoms with Gasteiger partial charge in [0.05, 0.1) is 0 Å². The molecule has 2 heterocycles. The first-order valence-electron chi connectivity index (χ1n) is 6.59. The van der Waals surface area contributed by atoms with Crippen LogP contribution in [0.4, 0.5) is 0 Å². The summed E-state index contributed by atoms with van der Waals surface area (Å²) in [6.45, 7) is 1.83. The molecule has 0 saturated heterocycles. The van der Waals surface area contributed by atoms with Gasteiger partial charge in [-0.15, -0.1) is 0 Å². The molecule has 1 aromatic carbocycles. The van der Waals surface area contributed by atoms with Crippen LogP contribution in [0, 0.1) is 0 Å². The first-order chi connectivity index (χ1) is 9.43. The smallest absolute Gasteiger partial charge is 0.0457 e. The molecular weight excluding hydrogens is 234 g/mol. The van der Waals surface area contributed by atoms with Crippen LogP contribution in [-0.2, 0) is 13.0 Å². The number of aromatic nitrogens is 2. The van der Waals surface area contributed by atoms with Gasteiger partial charge in [-0.05, 0) is 29.8 Å². The Morgan fingerprint density at radius 1 is 1.05 bits per heavy atom. The van der Waals surface area contributed by atoms with Gasteiger partial charge in [0.25, 0.3) is 0 Å². The molecular formula is C16H17N3.